The van der Waals surface area contributed by atoms with Crippen LogP contribution in [0.15, 0.2) is 9.31 Å². The van der Waals surface area contributed by atoms with Gasteiger partial charge >= 0.3 is 0 Å². The maximum Gasteiger partial charge on any atom is 0.247 e. The predicted molar refractivity (Wildman–Crippen MR) is 82.7 cm³/mol. The van der Waals surface area contributed by atoms with Crippen molar-refractivity contribution in [3.8, 4) is 0 Å². The molecule has 0 aromatic carbocycles. The summed E-state index contributed by atoms with van der Waals surface area (Å²) in [5.74, 6) is 0.809. The van der Waals surface area contributed by atoms with Crippen LogP contribution in [0.4, 0.5) is 0 Å². The second kappa shape index (κ2) is 7.42. The first-order chi connectivity index (χ1) is 9.77. The van der Waals surface area contributed by atoms with Crippen LogP contribution in [0.1, 0.15) is 57.1 Å². The highest BCUT2D eigenvalue weighted by Gasteiger charge is 2.33. The molecule has 0 aliphatic carbocycles. The molecule has 5 nitrogen and oxygen atoms in total. The van der Waals surface area contributed by atoms with E-state index in [4.69, 9.17) is 4.42 Å². The molecule has 0 atom stereocenters. The van der Waals surface area contributed by atoms with E-state index in [0.717, 1.165) is 19.3 Å². The Morgan fingerprint density at radius 1 is 1.19 bits per heavy atom. The second-order valence-corrected chi connectivity index (χ2v) is 7.42. The number of sulfonamides is 1. The van der Waals surface area contributed by atoms with Gasteiger partial charge in [0.25, 0.3) is 0 Å². The Morgan fingerprint density at radius 3 is 2.29 bits per heavy atom. The average molecular weight is 317 g/mol. The summed E-state index contributed by atoms with van der Waals surface area (Å²) in [7, 11) is -3.65. The SMILES string of the molecule is CCCCCN(C(C)C)S(=O)(=O)c1c(C)oc(C)c1CO. The molecule has 0 saturated heterocycles. The minimum atomic E-state index is -3.65. The summed E-state index contributed by atoms with van der Waals surface area (Å²) in [6.45, 7) is 9.27. The van der Waals surface area contributed by atoms with Crippen molar-refractivity contribution in [1.29, 1.82) is 0 Å². The van der Waals surface area contributed by atoms with Crippen LogP contribution in [-0.2, 0) is 16.6 Å². The number of furan rings is 1. The molecule has 1 aromatic heterocycles. The zero-order chi connectivity index (χ0) is 16.2. The molecule has 0 fully saturated rings. The Morgan fingerprint density at radius 2 is 1.81 bits per heavy atom. The first-order valence-electron chi connectivity index (χ1n) is 7.48. The molecule has 0 aliphatic heterocycles. The van der Waals surface area contributed by atoms with Crippen molar-refractivity contribution >= 4 is 10.0 Å². The van der Waals surface area contributed by atoms with Gasteiger partial charge in [0.1, 0.15) is 16.4 Å². The zero-order valence-electron chi connectivity index (χ0n) is 13.6. The third-order valence-corrected chi connectivity index (χ3v) is 5.88. The summed E-state index contributed by atoms with van der Waals surface area (Å²) in [6, 6.07) is -0.131. The largest absolute Gasteiger partial charge is 0.465 e. The van der Waals surface area contributed by atoms with Gasteiger partial charge < -0.3 is 9.52 Å². The van der Waals surface area contributed by atoms with E-state index in [-0.39, 0.29) is 17.5 Å². The highest BCUT2D eigenvalue weighted by atomic mass is 32.2. The molecule has 6 heteroatoms. The van der Waals surface area contributed by atoms with Gasteiger partial charge in [0.2, 0.25) is 10.0 Å². The van der Waals surface area contributed by atoms with Crippen molar-refractivity contribution in [2.45, 2.75) is 71.4 Å². The molecule has 0 saturated carbocycles. The third-order valence-electron chi connectivity index (χ3n) is 3.61. The third kappa shape index (κ3) is 3.87. The Balaban J connectivity index is 3.23. The maximum absolute atomic E-state index is 12.9. The van der Waals surface area contributed by atoms with Gasteiger partial charge in [-0.3, -0.25) is 0 Å². The highest BCUT2D eigenvalue weighted by Crippen LogP contribution is 2.30. The van der Waals surface area contributed by atoms with Gasteiger partial charge in [-0.1, -0.05) is 19.8 Å². The lowest BCUT2D eigenvalue weighted by molar-refractivity contribution is 0.275. The minimum absolute atomic E-state index is 0.131. The molecule has 0 bridgehead atoms. The molecule has 0 aliphatic rings. The van der Waals surface area contributed by atoms with E-state index in [9.17, 15) is 13.5 Å². The van der Waals surface area contributed by atoms with E-state index in [1.165, 1.54) is 4.31 Å². The number of hydrogen-bond donors (Lipinski definition) is 1. The summed E-state index contributed by atoms with van der Waals surface area (Å²) in [5.41, 5.74) is 0.369. The van der Waals surface area contributed by atoms with Gasteiger partial charge in [0.15, 0.2) is 0 Å². The molecule has 1 heterocycles. The first kappa shape index (κ1) is 18.2. The van der Waals surface area contributed by atoms with Crippen molar-refractivity contribution in [2.75, 3.05) is 6.54 Å². The normalized spacial score (nSPS) is 12.6. The van der Waals surface area contributed by atoms with Crippen molar-refractivity contribution in [1.82, 2.24) is 4.31 Å². The lowest BCUT2D eigenvalue weighted by Crippen LogP contribution is -2.38. The van der Waals surface area contributed by atoms with Crippen LogP contribution in [0.2, 0.25) is 0 Å². The number of nitrogens with zero attached hydrogens (tertiary/aromatic N) is 1. The van der Waals surface area contributed by atoms with Crippen LogP contribution in [0.5, 0.6) is 0 Å². The van der Waals surface area contributed by atoms with Crippen LogP contribution in [0, 0.1) is 13.8 Å². The first-order valence-corrected chi connectivity index (χ1v) is 8.92. The Labute approximate surface area is 128 Å². The van der Waals surface area contributed by atoms with Crippen LogP contribution >= 0.6 is 0 Å². The summed E-state index contributed by atoms with van der Waals surface area (Å²) in [4.78, 5) is 0.132. The monoisotopic (exact) mass is 317 g/mol. The van der Waals surface area contributed by atoms with Gasteiger partial charge in [-0.2, -0.15) is 4.31 Å². The van der Waals surface area contributed by atoms with Crippen LogP contribution in [-0.4, -0.2) is 30.4 Å². The summed E-state index contributed by atoms with van der Waals surface area (Å²) >= 11 is 0. The van der Waals surface area contributed by atoms with Gasteiger partial charge in [-0.15, -0.1) is 0 Å². The molecular formula is C15H27NO4S. The molecule has 0 spiro atoms. The molecule has 122 valence electrons. The lowest BCUT2D eigenvalue weighted by Gasteiger charge is -2.26. The maximum atomic E-state index is 12.9. The number of unbranched alkanes of at least 4 members (excludes halogenated alkanes) is 2. The fourth-order valence-corrected chi connectivity index (χ4v) is 4.60. The quantitative estimate of drug-likeness (QED) is 0.748. The van der Waals surface area contributed by atoms with Crippen LogP contribution in [0.3, 0.4) is 0 Å². The van der Waals surface area contributed by atoms with E-state index in [0.29, 0.717) is 23.6 Å². The summed E-state index contributed by atoms with van der Waals surface area (Å²) < 4.78 is 32.8. The van der Waals surface area contributed by atoms with Crippen molar-refractivity contribution in [2.24, 2.45) is 0 Å². The van der Waals surface area contributed by atoms with Gasteiger partial charge in [0.05, 0.1) is 6.61 Å². The molecule has 1 aromatic rings. The van der Waals surface area contributed by atoms with Crippen molar-refractivity contribution < 1.29 is 17.9 Å². The van der Waals surface area contributed by atoms with Crippen LogP contribution < -0.4 is 0 Å². The van der Waals surface area contributed by atoms with Gasteiger partial charge in [-0.25, -0.2) is 8.42 Å². The van der Waals surface area contributed by atoms with E-state index in [1.54, 1.807) is 13.8 Å². The van der Waals surface area contributed by atoms with E-state index in [1.807, 2.05) is 13.8 Å². The fourth-order valence-electron chi connectivity index (χ4n) is 2.52. The summed E-state index contributed by atoms with van der Waals surface area (Å²) in [5, 5.41) is 9.47. The van der Waals surface area contributed by atoms with Crippen molar-refractivity contribution in [3.63, 3.8) is 0 Å². The average Bonchev–Trinajstić information content (AvgIpc) is 2.68. The van der Waals surface area contributed by atoms with Crippen molar-refractivity contribution in [3.05, 3.63) is 17.1 Å². The van der Waals surface area contributed by atoms with E-state index < -0.39 is 10.0 Å². The molecule has 21 heavy (non-hydrogen) atoms. The lowest BCUT2D eigenvalue weighted by atomic mass is 10.2. The van der Waals surface area contributed by atoms with Crippen LogP contribution in [0.25, 0.3) is 0 Å². The zero-order valence-corrected chi connectivity index (χ0v) is 14.5. The molecule has 1 rings (SSSR count). The number of hydrogen-bond acceptors (Lipinski definition) is 4. The predicted octanol–water partition coefficient (Wildman–Crippen LogP) is 2.98. The molecule has 1 N–H and O–H groups in total. The highest BCUT2D eigenvalue weighted by molar-refractivity contribution is 7.89. The number of rotatable bonds is 8. The Kier molecular flexibility index (Phi) is 6.43. The van der Waals surface area contributed by atoms with Gasteiger partial charge in [-0.05, 0) is 34.1 Å². The second-order valence-electron chi connectivity index (χ2n) is 5.60. The Bertz CT molecular complexity index is 560. The van der Waals surface area contributed by atoms with E-state index in [2.05, 4.69) is 6.92 Å². The standard InChI is InChI=1S/C15H27NO4S/c1-6-7-8-9-16(11(2)3)21(18,19)15-13(5)20-12(4)14(15)10-17/h11,17H,6-10H2,1-5H3. The molecule has 0 amide bonds. The fraction of sp³-hybridized carbons (Fsp3) is 0.733. The Hall–Kier alpha value is -0.850. The van der Waals surface area contributed by atoms with Gasteiger partial charge in [0, 0.05) is 18.2 Å². The minimum Gasteiger partial charge on any atom is -0.465 e. The molecule has 0 unspecified atom stereocenters. The topological polar surface area (TPSA) is 70.8 Å². The number of aliphatic hydroxyl groups is 1. The smallest absolute Gasteiger partial charge is 0.247 e. The number of aliphatic hydroxyl groups excluding tert-OH is 1. The summed E-state index contributed by atoms with van der Waals surface area (Å²) in [6.07, 6.45) is 2.87. The molecule has 0 radical (unpaired) electrons. The number of aryl methyl sites for hydroxylation is 2. The molecular weight excluding hydrogens is 290 g/mol. The van der Waals surface area contributed by atoms with E-state index >= 15 is 0 Å².